The second kappa shape index (κ2) is 12.2. The minimum absolute atomic E-state index is 0.103. The van der Waals surface area contributed by atoms with E-state index in [1.807, 2.05) is 12.1 Å². The number of hydroxylamine groups is 1. The zero-order valence-electron chi connectivity index (χ0n) is 17.1. The lowest BCUT2D eigenvalue weighted by Gasteiger charge is -2.27. The van der Waals surface area contributed by atoms with Crippen LogP contribution in [0.3, 0.4) is 0 Å². The third-order valence-electron chi connectivity index (χ3n) is 5.40. The Kier molecular flexibility index (Phi) is 9.56. The number of hydrogen-bond acceptors (Lipinski definition) is 5. The van der Waals surface area contributed by atoms with Crippen molar-refractivity contribution in [2.75, 3.05) is 13.6 Å². The molecule has 160 valence electrons. The zero-order chi connectivity index (χ0) is 21.1. The summed E-state index contributed by atoms with van der Waals surface area (Å²) < 4.78 is 0. The molecule has 1 aromatic rings. The van der Waals surface area contributed by atoms with Crippen LogP contribution in [0.5, 0.6) is 0 Å². The average molecular weight is 405 g/mol. The molecule has 0 aliphatic carbocycles. The Bertz CT molecular complexity index is 668. The first-order valence-electron chi connectivity index (χ1n) is 10.4. The van der Waals surface area contributed by atoms with E-state index in [0.717, 1.165) is 44.1 Å². The monoisotopic (exact) mass is 404 g/mol. The van der Waals surface area contributed by atoms with E-state index >= 15 is 0 Å². The predicted molar refractivity (Wildman–Crippen MR) is 108 cm³/mol. The Hall–Kier alpha value is -2.48. The lowest BCUT2D eigenvalue weighted by Crippen LogP contribution is -2.50. The molecular formula is C21H32N4O4. The Balaban J connectivity index is 2.19. The van der Waals surface area contributed by atoms with Crippen LogP contribution >= 0.6 is 0 Å². The summed E-state index contributed by atoms with van der Waals surface area (Å²) in [6, 6.07) is 2.93. The van der Waals surface area contributed by atoms with Gasteiger partial charge in [-0.3, -0.25) is 24.6 Å². The van der Waals surface area contributed by atoms with Gasteiger partial charge in [-0.2, -0.15) is 0 Å². The predicted octanol–water partition coefficient (Wildman–Crippen LogP) is 1.82. The van der Waals surface area contributed by atoms with Crippen LogP contribution in [0.4, 0.5) is 0 Å². The summed E-state index contributed by atoms with van der Waals surface area (Å²) >= 11 is 0. The largest absolute Gasteiger partial charge is 0.344 e. The number of hydrogen-bond donors (Lipinski definition) is 3. The second-order valence-electron chi connectivity index (χ2n) is 7.73. The van der Waals surface area contributed by atoms with Gasteiger partial charge in [-0.15, -0.1) is 0 Å². The number of nitrogens with zero attached hydrogens (tertiary/aromatic N) is 2. The highest BCUT2D eigenvalue weighted by Gasteiger charge is 2.29. The molecule has 0 spiro atoms. The highest BCUT2D eigenvalue weighted by Crippen LogP contribution is 2.18. The van der Waals surface area contributed by atoms with E-state index in [1.165, 1.54) is 0 Å². The minimum Gasteiger partial charge on any atom is -0.344 e. The molecule has 2 rings (SSSR count). The Morgan fingerprint density at radius 1 is 1.17 bits per heavy atom. The number of likely N-dealkylation sites (N-methyl/N-ethyl adjacent to an activating group) is 1. The highest BCUT2D eigenvalue weighted by atomic mass is 16.5. The second-order valence-corrected chi connectivity index (χ2v) is 7.73. The van der Waals surface area contributed by atoms with E-state index in [2.05, 4.69) is 10.3 Å². The summed E-state index contributed by atoms with van der Waals surface area (Å²) in [5.74, 6) is -1.65. The Morgan fingerprint density at radius 3 is 2.52 bits per heavy atom. The summed E-state index contributed by atoms with van der Waals surface area (Å²) in [7, 11) is 1.76. The van der Waals surface area contributed by atoms with Crippen LogP contribution < -0.4 is 10.8 Å². The van der Waals surface area contributed by atoms with Crippen LogP contribution in [-0.2, 0) is 20.8 Å². The number of aromatic nitrogens is 1. The molecule has 0 saturated carbocycles. The van der Waals surface area contributed by atoms with Crippen LogP contribution in [0.1, 0.15) is 56.9 Å². The van der Waals surface area contributed by atoms with E-state index in [4.69, 9.17) is 5.21 Å². The number of pyridine rings is 1. The summed E-state index contributed by atoms with van der Waals surface area (Å²) in [6.07, 6.45) is 10.1. The minimum atomic E-state index is -0.711. The van der Waals surface area contributed by atoms with Gasteiger partial charge in [0.1, 0.15) is 6.04 Å². The fourth-order valence-corrected chi connectivity index (χ4v) is 3.66. The van der Waals surface area contributed by atoms with Crippen molar-refractivity contribution in [1.82, 2.24) is 20.7 Å². The van der Waals surface area contributed by atoms with E-state index in [1.54, 1.807) is 29.8 Å². The summed E-state index contributed by atoms with van der Waals surface area (Å²) in [5, 5.41) is 11.7. The molecule has 2 atom stereocenters. The molecule has 3 amide bonds. The van der Waals surface area contributed by atoms with E-state index in [-0.39, 0.29) is 18.2 Å². The third-order valence-corrected chi connectivity index (χ3v) is 5.40. The normalized spacial score (nSPS) is 22.5. The summed E-state index contributed by atoms with van der Waals surface area (Å²) in [4.78, 5) is 43.3. The fourth-order valence-electron chi connectivity index (χ4n) is 3.66. The number of carbonyl (C=O) groups excluding carboxylic acids is 3. The Morgan fingerprint density at radius 2 is 1.83 bits per heavy atom. The van der Waals surface area contributed by atoms with Crippen molar-refractivity contribution in [3.63, 3.8) is 0 Å². The van der Waals surface area contributed by atoms with Crippen molar-refractivity contribution in [3.8, 4) is 0 Å². The zero-order valence-corrected chi connectivity index (χ0v) is 17.1. The smallest absolute Gasteiger partial charge is 0.245 e. The van der Waals surface area contributed by atoms with Crippen molar-refractivity contribution in [2.45, 2.75) is 63.8 Å². The molecule has 2 unspecified atom stereocenters. The van der Waals surface area contributed by atoms with Crippen LogP contribution in [-0.4, -0.2) is 52.4 Å². The first kappa shape index (κ1) is 22.8. The number of carbonyl (C=O) groups is 3. The van der Waals surface area contributed by atoms with Gasteiger partial charge in [0.25, 0.3) is 0 Å². The van der Waals surface area contributed by atoms with Gasteiger partial charge in [0.15, 0.2) is 0 Å². The molecule has 0 aromatic carbocycles. The van der Waals surface area contributed by atoms with Gasteiger partial charge in [0.2, 0.25) is 17.7 Å². The van der Waals surface area contributed by atoms with Crippen molar-refractivity contribution in [1.29, 1.82) is 0 Å². The van der Waals surface area contributed by atoms with Crippen molar-refractivity contribution in [2.24, 2.45) is 5.92 Å². The summed E-state index contributed by atoms with van der Waals surface area (Å²) in [6.45, 7) is 0.651. The first-order valence-corrected chi connectivity index (χ1v) is 10.4. The molecule has 2 heterocycles. The first-order chi connectivity index (χ1) is 14.0. The maximum Gasteiger partial charge on any atom is 0.245 e. The van der Waals surface area contributed by atoms with Gasteiger partial charge in [-0.05, 0) is 30.5 Å². The Labute approximate surface area is 172 Å². The number of nitrogens with one attached hydrogen (secondary N) is 2. The molecule has 1 aliphatic heterocycles. The quantitative estimate of drug-likeness (QED) is 0.524. The fraction of sp³-hybridized carbons (Fsp3) is 0.619. The molecule has 29 heavy (non-hydrogen) atoms. The molecule has 8 nitrogen and oxygen atoms in total. The van der Waals surface area contributed by atoms with Crippen LogP contribution in [0.2, 0.25) is 0 Å². The van der Waals surface area contributed by atoms with Gasteiger partial charge < -0.3 is 10.2 Å². The molecule has 8 heteroatoms. The van der Waals surface area contributed by atoms with Crippen molar-refractivity contribution in [3.05, 3.63) is 30.1 Å². The van der Waals surface area contributed by atoms with Gasteiger partial charge in [-0.25, -0.2) is 5.48 Å². The molecule has 0 bridgehead atoms. The lowest BCUT2D eigenvalue weighted by atomic mass is 9.94. The van der Waals surface area contributed by atoms with Crippen molar-refractivity contribution < 1.29 is 19.6 Å². The third kappa shape index (κ3) is 7.81. The van der Waals surface area contributed by atoms with Crippen LogP contribution in [0.15, 0.2) is 24.5 Å². The van der Waals surface area contributed by atoms with Crippen LogP contribution in [0.25, 0.3) is 0 Å². The molecular weight excluding hydrogens is 372 g/mol. The van der Waals surface area contributed by atoms with E-state index in [9.17, 15) is 14.4 Å². The number of rotatable bonds is 4. The van der Waals surface area contributed by atoms with Crippen LogP contribution in [0, 0.1) is 5.92 Å². The maximum atomic E-state index is 13.0. The molecule has 1 aromatic heterocycles. The van der Waals surface area contributed by atoms with E-state index < -0.39 is 17.9 Å². The van der Waals surface area contributed by atoms with E-state index in [0.29, 0.717) is 19.4 Å². The lowest BCUT2D eigenvalue weighted by molar-refractivity contribution is -0.138. The van der Waals surface area contributed by atoms with Gasteiger partial charge in [0, 0.05) is 44.7 Å². The summed E-state index contributed by atoms with van der Waals surface area (Å²) in [5.41, 5.74) is 2.50. The molecule has 3 N–H and O–H groups in total. The number of amides is 3. The van der Waals surface area contributed by atoms with Gasteiger partial charge in [-0.1, -0.05) is 32.1 Å². The highest BCUT2D eigenvalue weighted by molar-refractivity contribution is 5.90. The molecule has 1 fully saturated rings. The molecule has 0 radical (unpaired) electrons. The standard InChI is InChI=1S/C21H32N4O4/c1-25-13-7-5-3-2-4-6-8-17(15-19(26)24-29)20(27)23-18(21(25)28)14-16-9-11-22-12-10-16/h9-12,17-18,29H,2-8,13-15H2,1H3,(H,23,27)(H,24,26). The maximum absolute atomic E-state index is 13.0. The van der Waals surface area contributed by atoms with Crippen molar-refractivity contribution >= 4 is 17.7 Å². The molecule has 1 aliphatic rings. The SMILES string of the molecule is CN1CCCCCCCCC(CC(=O)NO)C(=O)NC(Cc2ccncc2)C1=O. The topological polar surface area (TPSA) is 112 Å². The molecule has 1 saturated heterocycles. The van der Waals surface area contributed by atoms with Gasteiger partial charge >= 0.3 is 0 Å². The average Bonchev–Trinajstić information content (AvgIpc) is 2.73. The van der Waals surface area contributed by atoms with Gasteiger partial charge in [0.05, 0.1) is 0 Å².